The van der Waals surface area contributed by atoms with E-state index in [4.69, 9.17) is 14.6 Å². The van der Waals surface area contributed by atoms with Crippen LogP contribution < -0.4 is 5.14 Å². The highest BCUT2D eigenvalue weighted by molar-refractivity contribution is 7.89. The van der Waals surface area contributed by atoms with E-state index in [1.54, 1.807) is 14.0 Å². The number of aryl methyl sites for hydroxylation is 1. The minimum atomic E-state index is -3.85. The summed E-state index contributed by atoms with van der Waals surface area (Å²) in [6, 6.07) is 4.11. The van der Waals surface area contributed by atoms with Crippen LogP contribution in [0, 0.1) is 6.92 Å². The second-order valence-electron chi connectivity index (χ2n) is 5.37. The van der Waals surface area contributed by atoms with Crippen LogP contribution in [0.15, 0.2) is 23.1 Å². The lowest BCUT2D eigenvalue weighted by molar-refractivity contribution is -0.00565. The molecule has 0 saturated heterocycles. The van der Waals surface area contributed by atoms with Gasteiger partial charge < -0.3 is 9.47 Å². The van der Waals surface area contributed by atoms with E-state index in [1.165, 1.54) is 18.2 Å². The second-order valence-corrected chi connectivity index (χ2v) is 6.93. The van der Waals surface area contributed by atoms with Crippen LogP contribution in [0.2, 0.25) is 0 Å². The third kappa shape index (κ3) is 5.11. The first-order chi connectivity index (χ1) is 9.57. The summed E-state index contributed by atoms with van der Waals surface area (Å²) in [5.41, 5.74) is 0.424. The average molecular weight is 315 g/mol. The van der Waals surface area contributed by atoms with Crippen LogP contribution >= 0.6 is 0 Å². The molecule has 0 spiro atoms. The van der Waals surface area contributed by atoms with Crippen molar-refractivity contribution in [2.45, 2.75) is 37.7 Å². The molecule has 0 heterocycles. The number of hydrogen-bond donors (Lipinski definition) is 1. The van der Waals surface area contributed by atoms with Gasteiger partial charge in [-0.25, -0.2) is 18.4 Å². The zero-order chi connectivity index (χ0) is 16.3. The Hall–Kier alpha value is -1.44. The molecule has 0 fully saturated rings. The number of primary sulfonamides is 1. The van der Waals surface area contributed by atoms with Crippen LogP contribution in [-0.2, 0) is 19.5 Å². The van der Waals surface area contributed by atoms with E-state index in [9.17, 15) is 13.2 Å². The Morgan fingerprint density at radius 3 is 2.48 bits per heavy atom. The monoisotopic (exact) mass is 315 g/mol. The van der Waals surface area contributed by atoms with Gasteiger partial charge in [-0.15, -0.1) is 0 Å². The van der Waals surface area contributed by atoms with Crippen LogP contribution in [0.4, 0.5) is 0 Å². The molecule has 0 saturated carbocycles. The summed E-state index contributed by atoms with van der Waals surface area (Å²) >= 11 is 0. The minimum absolute atomic E-state index is 0.114. The van der Waals surface area contributed by atoms with Crippen molar-refractivity contribution in [1.29, 1.82) is 0 Å². The molecule has 0 atom stereocenters. The van der Waals surface area contributed by atoms with Gasteiger partial charge in [-0.2, -0.15) is 0 Å². The molecule has 6 nitrogen and oxygen atoms in total. The van der Waals surface area contributed by atoms with Crippen molar-refractivity contribution in [3.63, 3.8) is 0 Å². The predicted molar refractivity (Wildman–Crippen MR) is 78.5 cm³/mol. The van der Waals surface area contributed by atoms with Crippen molar-refractivity contribution >= 4 is 16.0 Å². The largest absolute Gasteiger partial charge is 0.462 e. The molecule has 1 aromatic rings. The molecule has 0 aliphatic carbocycles. The van der Waals surface area contributed by atoms with E-state index < -0.39 is 21.6 Å². The maximum absolute atomic E-state index is 12.0. The maximum atomic E-state index is 12.0. The lowest BCUT2D eigenvalue weighted by Gasteiger charge is -2.22. The number of hydrogen-bond acceptors (Lipinski definition) is 5. The Morgan fingerprint density at radius 2 is 1.95 bits per heavy atom. The topological polar surface area (TPSA) is 95.7 Å². The van der Waals surface area contributed by atoms with Gasteiger partial charge in [-0.05, 0) is 38.5 Å². The molecule has 118 valence electrons. The third-order valence-corrected chi connectivity index (χ3v) is 4.16. The number of sulfonamides is 1. The molecule has 0 radical (unpaired) electrons. The van der Waals surface area contributed by atoms with Gasteiger partial charge in [0.2, 0.25) is 10.0 Å². The third-order valence-electron chi connectivity index (χ3n) is 3.25. The molecule has 0 bridgehead atoms. The van der Waals surface area contributed by atoms with Crippen LogP contribution in [0.1, 0.15) is 36.2 Å². The van der Waals surface area contributed by atoms with Crippen molar-refractivity contribution in [2.24, 2.45) is 5.14 Å². The van der Waals surface area contributed by atoms with Crippen molar-refractivity contribution in [3.8, 4) is 0 Å². The normalized spacial score (nSPS) is 12.2. The maximum Gasteiger partial charge on any atom is 0.338 e. The Bertz CT molecular complexity index is 622. The Labute approximate surface area is 125 Å². The summed E-state index contributed by atoms with van der Waals surface area (Å²) in [6.45, 7) is 5.64. The van der Waals surface area contributed by atoms with Gasteiger partial charge in [0.15, 0.2) is 0 Å². The zero-order valence-electron chi connectivity index (χ0n) is 12.7. The highest BCUT2D eigenvalue weighted by Gasteiger charge is 2.19. The second kappa shape index (κ2) is 6.55. The Balaban J connectivity index is 2.83. The molecule has 0 aliphatic rings. The fourth-order valence-corrected chi connectivity index (χ4v) is 2.11. The predicted octanol–water partition coefficient (Wildman–Crippen LogP) is 1.61. The highest BCUT2D eigenvalue weighted by atomic mass is 32.2. The van der Waals surface area contributed by atoms with E-state index in [0.717, 1.165) is 0 Å². The summed E-state index contributed by atoms with van der Waals surface area (Å²) < 4.78 is 33.0. The fourth-order valence-electron chi connectivity index (χ4n) is 1.57. The Kier molecular flexibility index (Phi) is 5.49. The standard InChI is InChI=1S/C14H21NO5S/c1-10-5-6-11(21(15,17)18)9-12(10)13(16)20-8-7-14(2,3)19-4/h5-6,9H,7-8H2,1-4H3,(H2,15,17,18). The molecule has 0 amide bonds. The quantitative estimate of drug-likeness (QED) is 0.805. The van der Waals surface area contributed by atoms with Crippen LogP contribution in [0.3, 0.4) is 0 Å². The van der Waals surface area contributed by atoms with Gasteiger partial charge in [0.25, 0.3) is 0 Å². The SMILES string of the molecule is COC(C)(C)CCOC(=O)c1cc(S(N)(=O)=O)ccc1C. The lowest BCUT2D eigenvalue weighted by Crippen LogP contribution is -2.25. The van der Waals surface area contributed by atoms with Gasteiger partial charge in [0, 0.05) is 13.5 Å². The highest BCUT2D eigenvalue weighted by Crippen LogP contribution is 2.17. The first-order valence-electron chi connectivity index (χ1n) is 6.42. The van der Waals surface area contributed by atoms with Gasteiger partial charge in [-0.1, -0.05) is 6.07 Å². The molecule has 0 aliphatic heterocycles. The van der Waals surface area contributed by atoms with E-state index in [1.807, 2.05) is 13.8 Å². The van der Waals surface area contributed by atoms with E-state index in [-0.39, 0.29) is 17.1 Å². The summed E-state index contributed by atoms with van der Waals surface area (Å²) in [5.74, 6) is -0.579. The van der Waals surface area contributed by atoms with Crippen LogP contribution in [0.5, 0.6) is 0 Å². The van der Waals surface area contributed by atoms with Crippen molar-refractivity contribution in [3.05, 3.63) is 29.3 Å². The summed E-state index contributed by atoms with van der Waals surface area (Å²) in [7, 11) is -2.27. The number of rotatable bonds is 6. The number of benzene rings is 1. The molecule has 1 rings (SSSR count). The van der Waals surface area contributed by atoms with Gasteiger partial charge in [0.1, 0.15) is 0 Å². The first kappa shape index (κ1) is 17.6. The van der Waals surface area contributed by atoms with E-state index in [0.29, 0.717) is 12.0 Å². The number of esters is 1. The average Bonchev–Trinajstić information content (AvgIpc) is 2.37. The van der Waals surface area contributed by atoms with Crippen LogP contribution in [0.25, 0.3) is 0 Å². The van der Waals surface area contributed by atoms with Gasteiger partial charge in [-0.3, -0.25) is 0 Å². The molecular formula is C14H21NO5S. The molecule has 1 aromatic carbocycles. The molecular weight excluding hydrogens is 294 g/mol. The first-order valence-corrected chi connectivity index (χ1v) is 7.97. The van der Waals surface area contributed by atoms with Gasteiger partial charge >= 0.3 is 5.97 Å². The fraction of sp³-hybridized carbons (Fsp3) is 0.500. The summed E-state index contributed by atoms with van der Waals surface area (Å²) in [6.07, 6.45) is 0.531. The van der Waals surface area contributed by atoms with Crippen molar-refractivity contribution in [2.75, 3.05) is 13.7 Å². The van der Waals surface area contributed by atoms with Crippen molar-refractivity contribution in [1.82, 2.24) is 0 Å². The number of ether oxygens (including phenoxy) is 2. The molecule has 2 N–H and O–H groups in total. The van der Waals surface area contributed by atoms with Gasteiger partial charge in [0.05, 0.1) is 22.7 Å². The number of carbonyl (C=O) groups is 1. The molecule has 0 aromatic heterocycles. The molecule has 7 heteroatoms. The smallest absolute Gasteiger partial charge is 0.338 e. The number of nitrogens with two attached hydrogens (primary N) is 1. The minimum Gasteiger partial charge on any atom is -0.462 e. The van der Waals surface area contributed by atoms with E-state index in [2.05, 4.69) is 0 Å². The number of methoxy groups -OCH3 is 1. The van der Waals surface area contributed by atoms with E-state index >= 15 is 0 Å². The number of carbonyl (C=O) groups excluding carboxylic acids is 1. The summed E-state index contributed by atoms with van der Waals surface area (Å²) in [4.78, 5) is 11.9. The lowest BCUT2D eigenvalue weighted by atomic mass is 10.1. The Morgan fingerprint density at radius 1 is 1.33 bits per heavy atom. The summed E-state index contributed by atoms with van der Waals surface area (Å²) in [5, 5.41) is 5.05. The van der Waals surface area contributed by atoms with Crippen molar-refractivity contribution < 1.29 is 22.7 Å². The molecule has 0 unspecified atom stereocenters. The molecule has 21 heavy (non-hydrogen) atoms. The zero-order valence-corrected chi connectivity index (χ0v) is 13.5. The van der Waals surface area contributed by atoms with Crippen LogP contribution in [-0.4, -0.2) is 33.7 Å².